The molecular formula is C19H34N6O4. The standard InChI is InChI=1S/C19H34N6O4/c1-11-7-8-15(21-12(2)26)10-16(11)22-19(29)25-24-18(28)14-6-4-5-13(9-14)17(27)23-20-3/h11,13-16,20H,4-10H2,1-3H3,(H,21,26)(H,23,27)(H,24,28)(H2,22,25,29). The molecule has 0 saturated heterocycles. The molecule has 5 atom stereocenters. The van der Waals surface area contributed by atoms with Gasteiger partial charge in [0.25, 0.3) is 0 Å². The number of amides is 5. The molecule has 2 aliphatic rings. The van der Waals surface area contributed by atoms with E-state index in [0.29, 0.717) is 19.3 Å². The minimum Gasteiger partial charge on any atom is -0.354 e. The smallest absolute Gasteiger partial charge is 0.333 e. The molecule has 5 amide bonds. The molecule has 0 heterocycles. The summed E-state index contributed by atoms with van der Waals surface area (Å²) in [4.78, 5) is 47.9. The fourth-order valence-corrected chi connectivity index (χ4v) is 4.26. The summed E-state index contributed by atoms with van der Waals surface area (Å²) in [5.74, 6) is -0.713. The number of nitrogens with one attached hydrogen (secondary N) is 6. The third-order valence-electron chi connectivity index (χ3n) is 5.88. The minimum absolute atomic E-state index is 0.0477. The maximum absolute atomic E-state index is 12.4. The summed E-state index contributed by atoms with van der Waals surface area (Å²) in [6.45, 7) is 3.55. The number of carbonyl (C=O) groups excluding carboxylic acids is 4. The van der Waals surface area contributed by atoms with Crippen molar-refractivity contribution in [1.82, 2.24) is 32.3 Å². The Hall–Kier alpha value is -2.36. The van der Waals surface area contributed by atoms with E-state index in [2.05, 4.69) is 39.3 Å². The summed E-state index contributed by atoms with van der Waals surface area (Å²) in [7, 11) is 1.62. The van der Waals surface area contributed by atoms with E-state index in [1.54, 1.807) is 7.05 Å². The first kappa shape index (κ1) is 22.9. The SMILES string of the molecule is CNNC(=O)C1CCCC(C(=O)NNC(=O)NC2CC(NC(C)=O)CCC2C)C1. The van der Waals surface area contributed by atoms with Crippen LogP contribution in [0, 0.1) is 17.8 Å². The molecule has 2 fully saturated rings. The molecule has 0 aromatic rings. The Morgan fingerprint density at radius 1 is 0.793 bits per heavy atom. The first-order valence-corrected chi connectivity index (χ1v) is 10.4. The summed E-state index contributed by atoms with van der Waals surface area (Å²) >= 11 is 0. The zero-order chi connectivity index (χ0) is 21.4. The van der Waals surface area contributed by atoms with Gasteiger partial charge in [-0.25, -0.2) is 15.6 Å². The predicted molar refractivity (Wildman–Crippen MR) is 107 cm³/mol. The van der Waals surface area contributed by atoms with Crippen LogP contribution in [0.1, 0.15) is 58.8 Å². The Morgan fingerprint density at radius 3 is 2.07 bits per heavy atom. The molecular weight excluding hydrogens is 376 g/mol. The summed E-state index contributed by atoms with van der Waals surface area (Å²) in [6, 6.07) is -0.507. The molecule has 0 aliphatic heterocycles. The number of hydrogen-bond donors (Lipinski definition) is 6. The van der Waals surface area contributed by atoms with Crippen molar-refractivity contribution in [2.45, 2.75) is 70.9 Å². The molecule has 0 bridgehead atoms. The van der Waals surface area contributed by atoms with Gasteiger partial charge in [-0.1, -0.05) is 13.3 Å². The van der Waals surface area contributed by atoms with Gasteiger partial charge in [0, 0.05) is 37.9 Å². The molecule has 2 rings (SSSR count). The number of hydrogen-bond acceptors (Lipinski definition) is 5. The van der Waals surface area contributed by atoms with E-state index in [0.717, 1.165) is 25.7 Å². The molecule has 0 radical (unpaired) electrons. The van der Waals surface area contributed by atoms with E-state index in [4.69, 9.17) is 0 Å². The van der Waals surface area contributed by atoms with E-state index in [9.17, 15) is 19.2 Å². The first-order valence-electron chi connectivity index (χ1n) is 10.4. The van der Waals surface area contributed by atoms with E-state index in [1.807, 2.05) is 0 Å². The van der Waals surface area contributed by atoms with E-state index >= 15 is 0 Å². The van der Waals surface area contributed by atoms with Gasteiger partial charge in [0.2, 0.25) is 17.7 Å². The van der Waals surface area contributed by atoms with Gasteiger partial charge < -0.3 is 10.6 Å². The lowest BCUT2D eigenvalue weighted by molar-refractivity contribution is -0.131. The summed E-state index contributed by atoms with van der Waals surface area (Å²) in [5, 5.41) is 5.79. The van der Waals surface area contributed by atoms with Crippen LogP contribution in [0.15, 0.2) is 0 Å². The van der Waals surface area contributed by atoms with Crippen LogP contribution in [0.2, 0.25) is 0 Å². The Balaban J connectivity index is 1.77. The molecule has 2 aliphatic carbocycles. The average molecular weight is 411 g/mol. The van der Waals surface area contributed by atoms with Gasteiger partial charge in [0.15, 0.2) is 0 Å². The van der Waals surface area contributed by atoms with Crippen molar-refractivity contribution in [3.05, 3.63) is 0 Å². The van der Waals surface area contributed by atoms with E-state index in [-0.39, 0.29) is 47.6 Å². The van der Waals surface area contributed by atoms with Crippen molar-refractivity contribution in [1.29, 1.82) is 0 Å². The molecule has 5 unspecified atom stereocenters. The lowest BCUT2D eigenvalue weighted by Crippen LogP contribution is -2.55. The molecule has 6 N–H and O–H groups in total. The van der Waals surface area contributed by atoms with Crippen LogP contribution < -0.4 is 32.3 Å². The normalized spacial score (nSPS) is 29.3. The highest BCUT2D eigenvalue weighted by Gasteiger charge is 2.32. The van der Waals surface area contributed by atoms with Gasteiger partial charge in [0.05, 0.1) is 0 Å². The quantitative estimate of drug-likeness (QED) is 0.356. The van der Waals surface area contributed by atoms with Gasteiger partial charge >= 0.3 is 6.03 Å². The van der Waals surface area contributed by atoms with Crippen LogP contribution in [0.4, 0.5) is 4.79 Å². The molecule has 0 aromatic carbocycles. The van der Waals surface area contributed by atoms with Crippen molar-refractivity contribution in [2.75, 3.05) is 7.05 Å². The molecule has 0 spiro atoms. The van der Waals surface area contributed by atoms with Crippen molar-refractivity contribution < 1.29 is 19.2 Å². The lowest BCUT2D eigenvalue weighted by Gasteiger charge is -2.35. The first-order chi connectivity index (χ1) is 13.8. The van der Waals surface area contributed by atoms with E-state index in [1.165, 1.54) is 6.92 Å². The van der Waals surface area contributed by atoms with Gasteiger partial charge in [-0.2, -0.15) is 0 Å². The number of carbonyl (C=O) groups is 4. The van der Waals surface area contributed by atoms with Crippen molar-refractivity contribution in [3.63, 3.8) is 0 Å². The topological polar surface area (TPSA) is 140 Å². The highest BCUT2D eigenvalue weighted by molar-refractivity contribution is 5.84. The average Bonchev–Trinajstić information content (AvgIpc) is 2.68. The number of urea groups is 1. The minimum atomic E-state index is -0.473. The van der Waals surface area contributed by atoms with Crippen molar-refractivity contribution >= 4 is 23.8 Å². The monoisotopic (exact) mass is 410 g/mol. The second-order valence-corrected chi connectivity index (χ2v) is 8.18. The summed E-state index contributed by atoms with van der Waals surface area (Å²) in [5.41, 5.74) is 10.1. The second-order valence-electron chi connectivity index (χ2n) is 8.18. The second kappa shape index (κ2) is 11.0. The predicted octanol–water partition coefficient (Wildman–Crippen LogP) is 0.0671. The maximum Gasteiger partial charge on any atom is 0.333 e. The molecule has 0 aromatic heterocycles. The molecule has 10 nitrogen and oxygen atoms in total. The summed E-state index contributed by atoms with van der Waals surface area (Å²) < 4.78 is 0. The van der Waals surface area contributed by atoms with E-state index < -0.39 is 6.03 Å². The summed E-state index contributed by atoms with van der Waals surface area (Å²) in [6.07, 6.45) is 5.14. The van der Waals surface area contributed by atoms with Crippen LogP contribution in [-0.2, 0) is 14.4 Å². The molecule has 164 valence electrons. The largest absolute Gasteiger partial charge is 0.354 e. The zero-order valence-corrected chi connectivity index (χ0v) is 17.5. The van der Waals surface area contributed by atoms with Gasteiger partial charge in [-0.05, 0) is 44.4 Å². The van der Waals surface area contributed by atoms with Crippen LogP contribution in [-0.4, -0.2) is 42.9 Å². The third kappa shape index (κ3) is 7.19. The number of rotatable bonds is 5. The third-order valence-corrected chi connectivity index (χ3v) is 5.88. The van der Waals surface area contributed by atoms with Gasteiger partial charge in [0.1, 0.15) is 0 Å². The molecule has 29 heavy (non-hydrogen) atoms. The Bertz CT molecular complexity index is 614. The fourth-order valence-electron chi connectivity index (χ4n) is 4.26. The Labute approximate surface area is 171 Å². The van der Waals surface area contributed by atoms with Gasteiger partial charge in [-0.3, -0.25) is 25.2 Å². The highest BCUT2D eigenvalue weighted by atomic mass is 16.2. The zero-order valence-electron chi connectivity index (χ0n) is 17.5. The Morgan fingerprint density at radius 2 is 1.45 bits per heavy atom. The highest BCUT2D eigenvalue weighted by Crippen LogP contribution is 2.29. The van der Waals surface area contributed by atoms with Crippen LogP contribution >= 0.6 is 0 Å². The lowest BCUT2D eigenvalue weighted by atomic mass is 9.80. The maximum atomic E-state index is 12.4. The van der Waals surface area contributed by atoms with Crippen LogP contribution in [0.3, 0.4) is 0 Å². The number of hydrazine groups is 2. The van der Waals surface area contributed by atoms with Crippen LogP contribution in [0.25, 0.3) is 0 Å². The Kier molecular flexibility index (Phi) is 8.69. The molecule has 2 saturated carbocycles. The van der Waals surface area contributed by atoms with Crippen molar-refractivity contribution in [3.8, 4) is 0 Å². The fraction of sp³-hybridized carbons (Fsp3) is 0.789. The van der Waals surface area contributed by atoms with Crippen molar-refractivity contribution in [2.24, 2.45) is 17.8 Å². The van der Waals surface area contributed by atoms with Crippen LogP contribution in [0.5, 0.6) is 0 Å². The molecule has 10 heteroatoms. The van der Waals surface area contributed by atoms with Gasteiger partial charge in [-0.15, -0.1) is 0 Å².